The van der Waals surface area contributed by atoms with Gasteiger partial charge in [-0.3, -0.25) is 4.79 Å². The highest BCUT2D eigenvalue weighted by molar-refractivity contribution is 5.98. The monoisotopic (exact) mass is 477 g/mol. The molecule has 2 heterocycles. The number of amides is 1. The Balaban J connectivity index is 1.32. The van der Waals surface area contributed by atoms with Crippen LogP contribution in [0, 0.1) is 0 Å². The Morgan fingerprint density at radius 1 is 1.20 bits per heavy atom. The zero-order chi connectivity index (χ0) is 24.6. The molecule has 1 atom stereocenters. The van der Waals surface area contributed by atoms with Gasteiger partial charge in [-0.15, -0.1) is 0 Å². The number of carbonyl (C=O) groups excluding carboxylic acids is 1. The number of ether oxygens (including phenoxy) is 2. The number of rotatable bonds is 10. The summed E-state index contributed by atoms with van der Waals surface area (Å²) in [6.45, 7) is 9.41. The Bertz CT molecular complexity index is 1030. The van der Waals surface area contributed by atoms with Gasteiger partial charge in [0.25, 0.3) is 0 Å². The van der Waals surface area contributed by atoms with Gasteiger partial charge in [0.15, 0.2) is 0 Å². The number of anilines is 3. The molecule has 4 rings (SSSR count). The second-order valence-electron chi connectivity index (χ2n) is 9.76. The number of allylic oxidation sites excluding steroid dienone is 1. The predicted octanol–water partition coefficient (Wildman–Crippen LogP) is 5.88. The van der Waals surface area contributed by atoms with E-state index < -0.39 is 0 Å². The third kappa shape index (κ3) is 7.01. The van der Waals surface area contributed by atoms with Gasteiger partial charge in [0, 0.05) is 37.3 Å². The van der Waals surface area contributed by atoms with Crippen molar-refractivity contribution >= 4 is 29.0 Å². The molecule has 188 valence electrons. The van der Waals surface area contributed by atoms with Crippen molar-refractivity contribution in [1.29, 1.82) is 0 Å². The molecule has 6 heteroatoms. The lowest BCUT2D eigenvalue weighted by Crippen LogP contribution is -2.30. The van der Waals surface area contributed by atoms with E-state index in [1.165, 1.54) is 17.7 Å². The first-order valence-corrected chi connectivity index (χ1v) is 13.0. The molecule has 2 N–H and O–H groups in total. The molecule has 0 fully saturated rings. The van der Waals surface area contributed by atoms with Gasteiger partial charge in [0.1, 0.15) is 12.4 Å². The van der Waals surface area contributed by atoms with Crippen LogP contribution in [0.15, 0.2) is 42.5 Å². The minimum absolute atomic E-state index is 0.0594. The maximum Gasteiger partial charge on any atom is 0.226 e. The summed E-state index contributed by atoms with van der Waals surface area (Å²) in [5.41, 5.74) is 5.71. The summed E-state index contributed by atoms with van der Waals surface area (Å²) in [7, 11) is 0. The molecule has 0 aromatic heterocycles. The molecule has 2 aliphatic heterocycles. The van der Waals surface area contributed by atoms with Crippen molar-refractivity contribution in [2.75, 3.05) is 41.8 Å². The van der Waals surface area contributed by atoms with E-state index in [2.05, 4.69) is 52.0 Å². The molecule has 1 amide bonds. The van der Waals surface area contributed by atoms with Gasteiger partial charge in [-0.2, -0.15) is 0 Å². The molecule has 0 saturated carbocycles. The number of hydrogen-bond donors (Lipinski definition) is 2. The number of benzene rings is 2. The summed E-state index contributed by atoms with van der Waals surface area (Å²) in [5, 5.41) is 6.50. The summed E-state index contributed by atoms with van der Waals surface area (Å²) in [4.78, 5) is 14.5. The molecule has 0 radical (unpaired) electrons. The molecule has 35 heavy (non-hydrogen) atoms. The number of nitrogens with one attached hydrogen (secondary N) is 2. The molecule has 6 nitrogen and oxygen atoms in total. The van der Waals surface area contributed by atoms with Crippen molar-refractivity contribution < 1.29 is 14.3 Å². The minimum Gasteiger partial charge on any atom is -0.491 e. The second-order valence-corrected chi connectivity index (χ2v) is 9.76. The number of fused-ring (bicyclic) bond motifs is 2. The van der Waals surface area contributed by atoms with E-state index in [-0.39, 0.29) is 18.1 Å². The van der Waals surface area contributed by atoms with E-state index in [0.717, 1.165) is 55.0 Å². The number of carbonyl (C=O) groups is 1. The van der Waals surface area contributed by atoms with Crippen LogP contribution in [0.1, 0.15) is 57.6 Å². The molecule has 0 saturated heterocycles. The molecular weight excluding hydrogens is 438 g/mol. The summed E-state index contributed by atoms with van der Waals surface area (Å²) in [5.74, 6) is 0.977. The standard InChI is InChI=1S/C29H39N3O3/c1-21(2)34-17-18-35-25-14-13-23-11-8-16-32(27(23)20-25)15-6-4-5-9-24-10-7-12-26-29(24)30-22(3)19-28(33)31-26/h5,7,9-10,12-14,20-22,30H,4,6,8,11,15-19H2,1-3H3,(H,31,33)/b9-5+. The van der Waals surface area contributed by atoms with Crippen LogP contribution in [0.25, 0.3) is 6.08 Å². The average Bonchev–Trinajstić information content (AvgIpc) is 2.98. The van der Waals surface area contributed by atoms with Crippen molar-refractivity contribution in [2.45, 2.75) is 65.0 Å². The number of unbranched alkanes of at least 4 members (excludes halogenated alkanes) is 1. The van der Waals surface area contributed by atoms with E-state index >= 15 is 0 Å². The maximum absolute atomic E-state index is 12.0. The van der Waals surface area contributed by atoms with Crippen molar-refractivity contribution in [3.63, 3.8) is 0 Å². The quantitative estimate of drug-likeness (QED) is 0.419. The molecule has 2 aromatic rings. The van der Waals surface area contributed by atoms with Crippen molar-refractivity contribution in [3.05, 3.63) is 53.6 Å². The number of aryl methyl sites for hydroxylation is 1. The topological polar surface area (TPSA) is 62.8 Å². The van der Waals surface area contributed by atoms with Crippen LogP contribution in [0.5, 0.6) is 5.75 Å². The van der Waals surface area contributed by atoms with Crippen LogP contribution in [0.3, 0.4) is 0 Å². The number of nitrogens with zero attached hydrogens (tertiary/aromatic N) is 1. The van der Waals surface area contributed by atoms with Gasteiger partial charge in [-0.05, 0) is 69.7 Å². The fraction of sp³-hybridized carbons (Fsp3) is 0.483. The number of para-hydroxylation sites is 1. The van der Waals surface area contributed by atoms with Crippen LogP contribution in [-0.4, -0.2) is 44.4 Å². The van der Waals surface area contributed by atoms with Gasteiger partial charge in [-0.25, -0.2) is 0 Å². The first kappa shape index (κ1) is 25.1. The predicted molar refractivity (Wildman–Crippen MR) is 145 cm³/mol. The summed E-state index contributed by atoms with van der Waals surface area (Å²) in [6.07, 6.45) is 9.52. The minimum atomic E-state index is 0.0594. The Kier molecular flexibility index (Phi) is 8.69. The highest BCUT2D eigenvalue weighted by Crippen LogP contribution is 2.32. The molecule has 2 aromatic carbocycles. The van der Waals surface area contributed by atoms with E-state index in [1.54, 1.807) is 0 Å². The molecule has 0 bridgehead atoms. The smallest absolute Gasteiger partial charge is 0.226 e. The first-order chi connectivity index (χ1) is 17.0. The van der Waals surface area contributed by atoms with Crippen LogP contribution < -0.4 is 20.3 Å². The van der Waals surface area contributed by atoms with Gasteiger partial charge >= 0.3 is 0 Å². The van der Waals surface area contributed by atoms with E-state index in [4.69, 9.17) is 9.47 Å². The maximum atomic E-state index is 12.0. The lowest BCUT2D eigenvalue weighted by Gasteiger charge is -2.31. The van der Waals surface area contributed by atoms with E-state index in [9.17, 15) is 4.79 Å². The Hall–Kier alpha value is -2.99. The largest absolute Gasteiger partial charge is 0.491 e. The average molecular weight is 478 g/mol. The molecule has 1 unspecified atom stereocenters. The van der Waals surface area contributed by atoms with Crippen LogP contribution >= 0.6 is 0 Å². The summed E-state index contributed by atoms with van der Waals surface area (Å²) >= 11 is 0. The third-order valence-corrected chi connectivity index (χ3v) is 6.42. The van der Waals surface area contributed by atoms with Gasteiger partial charge in [-0.1, -0.05) is 30.4 Å². The zero-order valence-corrected chi connectivity index (χ0v) is 21.3. The van der Waals surface area contributed by atoms with Crippen molar-refractivity contribution in [2.24, 2.45) is 0 Å². The van der Waals surface area contributed by atoms with E-state index in [0.29, 0.717) is 19.6 Å². The lowest BCUT2D eigenvalue weighted by atomic mass is 10.0. The molecule has 0 spiro atoms. The normalized spacial score (nSPS) is 17.5. The highest BCUT2D eigenvalue weighted by Gasteiger charge is 2.19. The van der Waals surface area contributed by atoms with Gasteiger partial charge in [0.05, 0.1) is 24.1 Å². The van der Waals surface area contributed by atoms with Gasteiger partial charge in [0.2, 0.25) is 5.91 Å². The Labute approximate surface area is 209 Å². The third-order valence-electron chi connectivity index (χ3n) is 6.42. The number of hydrogen-bond acceptors (Lipinski definition) is 5. The second kappa shape index (κ2) is 12.1. The summed E-state index contributed by atoms with van der Waals surface area (Å²) < 4.78 is 11.5. The molecule has 0 aliphatic carbocycles. The van der Waals surface area contributed by atoms with Crippen LogP contribution in [0.2, 0.25) is 0 Å². The van der Waals surface area contributed by atoms with E-state index in [1.807, 2.05) is 32.9 Å². The highest BCUT2D eigenvalue weighted by atomic mass is 16.5. The zero-order valence-electron chi connectivity index (χ0n) is 21.3. The first-order valence-electron chi connectivity index (χ1n) is 13.0. The molecule has 2 aliphatic rings. The summed E-state index contributed by atoms with van der Waals surface area (Å²) in [6, 6.07) is 12.7. The Morgan fingerprint density at radius 2 is 2.09 bits per heavy atom. The van der Waals surface area contributed by atoms with Crippen molar-refractivity contribution in [3.8, 4) is 5.75 Å². The van der Waals surface area contributed by atoms with Crippen molar-refractivity contribution in [1.82, 2.24) is 0 Å². The molecular formula is C29H39N3O3. The SMILES string of the molecule is CC1CC(=O)Nc2cccc(/C=C/CCCN3CCCc4ccc(OCCOC(C)C)cc43)c2N1. The Morgan fingerprint density at radius 3 is 2.94 bits per heavy atom. The van der Waals surface area contributed by atoms with Crippen LogP contribution in [-0.2, 0) is 16.0 Å². The van der Waals surface area contributed by atoms with Gasteiger partial charge < -0.3 is 25.0 Å². The lowest BCUT2D eigenvalue weighted by molar-refractivity contribution is -0.116. The fourth-order valence-electron chi connectivity index (χ4n) is 4.76. The van der Waals surface area contributed by atoms with Crippen LogP contribution in [0.4, 0.5) is 17.1 Å². The fourth-order valence-corrected chi connectivity index (χ4v) is 4.76.